The van der Waals surface area contributed by atoms with Gasteiger partial charge in [-0.15, -0.1) is 0 Å². The second-order valence-electron chi connectivity index (χ2n) is 7.02. The highest BCUT2D eigenvalue weighted by molar-refractivity contribution is 6.04. The van der Waals surface area contributed by atoms with Gasteiger partial charge in [0, 0.05) is 48.7 Å². The van der Waals surface area contributed by atoms with Crippen LogP contribution < -0.4 is 15.6 Å². The molecule has 0 fully saturated rings. The largest absolute Gasteiger partial charge is 0.378 e. The number of hydrogen-bond acceptors (Lipinski definition) is 6. The smallest absolute Gasteiger partial charge is 0.271 e. The molecular formula is C23H21N5O4. The summed E-state index contributed by atoms with van der Waals surface area (Å²) in [6, 6.07) is 19.3. The molecule has 0 aliphatic heterocycles. The number of non-ortho nitro benzene ring substituents is 1. The quantitative estimate of drug-likeness (QED) is 0.336. The Kier molecular flexibility index (Phi) is 6.92. The molecule has 3 aromatic carbocycles. The van der Waals surface area contributed by atoms with Crippen molar-refractivity contribution in [2.75, 3.05) is 24.3 Å². The molecule has 0 unspecified atom stereocenters. The maximum atomic E-state index is 12.3. The second-order valence-corrected chi connectivity index (χ2v) is 7.02. The molecule has 0 aliphatic rings. The highest BCUT2D eigenvalue weighted by Gasteiger charge is 2.10. The van der Waals surface area contributed by atoms with Crippen LogP contribution in [-0.2, 0) is 0 Å². The van der Waals surface area contributed by atoms with Crippen molar-refractivity contribution in [1.29, 1.82) is 0 Å². The summed E-state index contributed by atoms with van der Waals surface area (Å²) in [6.07, 6.45) is 1.55. The van der Waals surface area contributed by atoms with E-state index < -0.39 is 10.8 Å². The van der Waals surface area contributed by atoms with E-state index in [1.54, 1.807) is 30.5 Å². The summed E-state index contributed by atoms with van der Waals surface area (Å²) in [7, 11) is 3.91. The van der Waals surface area contributed by atoms with E-state index in [1.165, 1.54) is 24.3 Å². The van der Waals surface area contributed by atoms with Gasteiger partial charge in [0.25, 0.3) is 17.5 Å². The highest BCUT2D eigenvalue weighted by atomic mass is 16.6. The lowest BCUT2D eigenvalue weighted by atomic mass is 10.1. The van der Waals surface area contributed by atoms with E-state index in [2.05, 4.69) is 15.8 Å². The van der Waals surface area contributed by atoms with Crippen molar-refractivity contribution >= 4 is 35.1 Å². The van der Waals surface area contributed by atoms with Gasteiger partial charge >= 0.3 is 0 Å². The van der Waals surface area contributed by atoms with Crippen molar-refractivity contribution in [3.63, 3.8) is 0 Å². The fourth-order valence-electron chi connectivity index (χ4n) is 2.73. The number of carbonyl (C=O) groups excluding carboxylic acids is 2. The van der Waals surface area contributed by atoms with Crippen LogP contribution in [0.5, 0.6) is 0 Å². The number of nitro benzene ring substituents is 1. The average molecular weight is 431 g/mol. The molecule has 2 amide bonds. The molecule has 2 N–H and O–H groups in total. The highest BCUT2D eigenvalue weighted by Crippen LogP contribution is 2.15. The zero-order valence-corrected chi connectivity index (χ0v) is 17.5. The van der Waals surface area contributed by atoms with Crippen LogP contribution in [0.4, 0.5) is 17.1 Å². The van der Waals surface area contributed by atoms with Crippen molar-refractivity contribution < 1.29 is 14.5 Å². The van der Waals surface area contributed by atoms with Gasteiger partial charge in [-0.2, -0.15) is 5.10 Å². The van der Waals surface area contributed by atoms with Crippen LogP contribution >= 0.6 is 0 Å². The van der Waals surface area contributed by atoms with Gasteiger partial charge in [-0.05, 0) is 54.1 Å². The van der Waals surface area contributed by atoms with Crippen LogP contribution in [0.2, 0.25) is 0 Å². The summed E-state index contributed by atoms with van der Waals surface area (Å²) in [5, 5.41) is 17.3. The van der Waals surface area contributed by atoms with Gasteiger partial charge < -0.3 is 10.2 Å². The lowest BCUT2D eigenvalue weighted by Crippen LogP contribution is -2.18. The van der Waals surface area contributed by atoms with Crippen molar-refractivity contribution in [2.24, 2.45) is 5.10 Å². The predicted molar refractivity (Wildman–Crippen MR) is 123 cm³/mol. The Labute approximate surface area is 184 Å². The predicted octanol–water partition coefficient (Wildman–Crippen LogP) is 3.68. The normalized spacial score (nSPS) is 10.6. The summed E-state index contributed by atoms with van der Waals surface area (Å²) in [5.74, 6) is -0.804. The average Bonchev–Trinajstić information content (AvgIpc) is 2.80. The summed E-state index contributed by atoms with van der Waals surface area (Å²) in [4.78, 5) is 36.7. The van der Waals surface area contributed by atoms with Crippen molar-refractivity contribution in [2.45, 2.75) is 0 Å². The minimum Gasteiger partial charge on any atom is -0.378 e. The van der Waals surface area contributed by atoms with Gasteiger partial charge in [0.05, 0.1) is 11.1 Å². The van der Waals surface area contributed by atoms with Gasteiger partial charge in [0.15, 0.2) is 0 Å². The van der Waals surface area contributed by atoms with Crippen LogP contribution in [0.15, 0.2) is 77.9 Å². The first-order valence-electron chi connectivity index (χ1n) is 9.60. The molecular weight excluding hydrogens is 410 g/mol. The second kappa shape index (κ2) is 9.98. The molecule has 162 valence electrons. The first kappa shape index (κ1) is 22.2. The molecule has 0 saturated carbocycles. The number of anilines is 2. The van der Waals surface area contributed by atoms with Crippen LogP contribution in [0.1, 0.15) is 26.3 Å². The van der Waals surface area contributed by atoms with Crippen LogP contribution in [-0.4, -0.2) is 37.0 Å². The van der Waals surface area contributed by atoms with Crippen molar-refractivity contribution in [3.8, 4) is 0 Å². The number of nitrogens with zero attached hydrogens (tertiary/aromatic N) is 3. The number of hydrazone groups is 1. The van der Waals surface area contributed by atoms with Gasteiger partial charge in [-0.3, -0.25) is 19.7 Å². The Balaban J connectivity index is 1.55. The number of rotatable bonds is 7. The lowest BCUT2D eigenvalue weighted by molar-refractivity contribution is -0.384. The Hall–Kier alpha value is -4.53. The van der Waals surface area contributed by atoms with Gasteiger partial charge in [-0.25, -0.2) is 5.43 Å². The topological polar surface area (TPSA) is 117 Å². The Bertz CT molecular complexity index is 1140. The molecule has 0 aromatic heterocycles. The standard InChI is InChI=1S/C23H21N5O4/c1-27(2)20-11-3-16(4-12-20)15-24-26-23(30)18-5-9-19(10-6-18)25-22(29)17-7-13-21(14-8-17)28(31)32/h3-15H,1-2H3,(H,25,29)(H,26,30)/b24-15-. The number of benzene rings is 3. The third-order valence-electron chi connectivity index (χ3n) is 4.53. The summed E-state index contributed by atoms with van der Waals surface area (Å²) in [5.41, 5.74) is 5.42. The van der Waals surface area contributed by atoms with E-state index in [4.69, 9.17) is 0 Å². The zero-order valence-electron chi connectivity index (χ0n) is 17.5. The summed E-state index contributed by atoms with van der Waals surface area (Å²) < 4.78 is 0. The van der Waals surface area contributed by atoms with Crippen LogP contribution in [0.3, 0.4) is 0 Å². The van der Waals surface area contributed by atoms with Gasteiger partial charge in [0.2, 0.25) is 0 Å². The summed E-state index contributed by atoms with van der Waals surface area (Å²) in [6.45, 7) is 0. The monoisotopic (exact) mass is 431 g/mol. The number of carbonyl (C=O) groups is 2. The van der Waals surface area contributed by atoms with E-state index >= 15 is 0 Å². The third-order valence-corrected chi connectivity index (χ3v) is 4.53. The Morgan fingerprint density at radius 2 is 1.44 bits per heavy atom. The van der Waals surface area contributed by atoms with Crippen LogP contribution in [0, 0.1) is 10.1 Å². The zero-order chi connectivity index (χ0) is 23.1. The minimum atomic E-state index is -0.531. The van der Waals surface area contributed by atoms with E-state index in [0.717, 1.165) is 11.3 Å². The van der Waals surface area contributed by atoms with E-state index in [0.29, 0.717) is 11.3 Å². The maximum Gasteiger partial charge on any atom is 0.271 e. The first-order valence-corrected chi connectivity index (χ1v) is 9.60. The molecule has 0 aliphatic carbocycles. The minimum absolute atomic E-state index is 0.0925. The van der Waals surface area contributed by atoms with E-state index in [-0.39, 0.29) is 17.2 Å². The fourth-order valence-corrected chi connectivity index (χ4v) is 2.73. The number of nitrogens with one attached hydrogen (secondary N) is 2. The molecule has 0 saturated heterocycles. The van der Waals surface area contributed by atoms with Crippen LogP contribution in [0.25, 0.3) is 0 Å². The van der Waals surface area contributed by atoms with E-state index in [1.807, 2.05) is 43.3 Å². The molecule has 0 atom stereocenters. The fraction of sp³-hybridized carbons (Fsp3) is 0.0870. The lowest BCUT2D eigenvalue weighted by Gasteiger charge is -2.11. The number of hydrogen-bond donors (Lipinski definition) is 2. The molecule has 0 radical (unpaired) electrons. The number of amides is 2. The molecule has 0 spiro atoms. The van der Waals surface area contributed by atoms with Gasteiger partial charge in [0.1, 0.15) is 0 Å². The third kappa shape index (κ3) is 5.76. The van der Waals surface area contributed by atoms with Gasteiger partial charge in [-0.1, -0.05) is 12.1 Å². The summed E-state index contributed by atoms with van der Waals surface area (Å²) >= 11 is 0. The first-order chi connectivity index (χ1) is 15.3. The molecule has 3 aromatic rings. The Morgan fingerprint density at radius 3 is 2.00 bits per heavy atom. The van der Waals surface area contributed by atoms with Crippen molar-refractivity contribution in [1.82, 2.24) is 5.43 Å². The molecule has 0 bridgehead atoms. The molecule has 9 heteroatoms. The molecule has 32 heavy (non-hydrogen) atoms. The number of nitro groups is 1. The van der Waals surface area contributed by atoms with Crippen molar-refractivity contribution in [3.05, 3.63) is 99.6 Å². The maximum absolute atomic E-state index is 12.3. The Morgan fingerprint density at radius 1 is 0.875 bits per heavy atom. The van der Waals surface area contributed by atoms with E-state index in [9.17, 15) is 19.7 Å². The SMILES string of the molecule is CN(C)c1ccc(/C=N\NC(=O)c2ccc(NC(=O)c3ccc([N+](=O)[O-])cc3)cc2)cc1. The molecule has 9 nitrogen and oxygen atoms in total. The molecule has 3 rings (SSSR count). The molecule has 0 heterocycles.